The van der Waals surface area contributed by atoms with Crippen LogP contribution >= 0.6 is 11.6 Å². The van der Waals surface area contributed by atoms with Gasteiger partial charge < -0.3 is 20.7 Å². The number of nitrogens with zero attached hydrogens (tertiary/aromatic N) is 1. The first kappa shape index (κ1) is 28.4. The van der Waals surface area contributed by atoms with Crippen molar-refractivity contribution < 1.29 is 37.7 Å². The predicted octanol–water partition coefficient (Wildman–Crippen LogP) is 6.08. The SMILES string of the molecule is O=C(O)c1ccc(NC(=O)[C@H](CC2CCC(O)CC2)c2ccc(-c3c(C(F)F)ccc(Cl)c3F)c[n+]2[O-])cc1. The monoisotopic (exact) mass is 562 g/mol. The predicted molar refractivity (Wildman–Crippen MR) is 138 cm³/mol. The number of aromatic nitrogens is 1. The van der Waals surface area contributed by atoms with E-state index in [2.05, 4.69) is 5.32 Å². The minimum absolute atomic E-state index is 0.0329. The molecule has 1 saturated carbocycles. The molecule has 1 aliphatic rings. The molecular weight excluding hydrogens is 537 g/mol. The van der Waals surface area contributed by atoms with E-state index >= 15 is 0 Å². The summed E-state index contributed by atoms with van der Waals surface area (Å²) < 4.78 is 42.4. The maximum Gasteiger partial charge on any atom is 0.335 e. The molecule has 7 nitrogen and oxygen atoms in total. The Labute approximate surface area is 227 Å². The first-order valence-electron chi connectivity index (χ1n) is 12.4. The van der Waals surface area contributed by atoms with Crippen molar-refractivity contribution in [3.63, 3.8) is 0 Å². The van der Waals surface area contributed by atoms with Crippen LogP contribution < -0.4 is 10.0 Å². The van der Waals surface area contributed by atoms with E-state index in [1.54, 1.807) is 0 Å². The van der Waals surface area contributed by atoms with E-state index in [9.17, 15) is 33.1 Å². The average Bonchev–Trinajstić information content (AvgIpc) is 2.90. The minimum Gasteiger partial charge on any atom is -0.618 e. The highest BCUT2D eigenvalue weighted by Gasteiger charge is 2.33. The number of alkyl halides is 2. The standard InChI is InChI=1S/C28H26ClF3N2O5/c29-22-11-10-20(26(31)32)24(25(22)30)17-5-12-23(34(39)14-17)21(13-15-1-8-19(35)9-2-15)27(36)33-18-6-3-16(4-7-18)28(37)38/h3-7,10-12,14-15,19,21,26,35H,1-2,8-9,13H2,(H,33,36)(H,37,38)/t15?,19?,21-/m1/s1. The number of aliphatic hydroxyl groups is 1. The van der Waals surface area contributed by atoms with Crippen molar-refractivity contribution in [1.29, 1.82) is 0 Å². The highest BCUT2D eigenvalue weighted by atomic mass is 35.5. The molecule has 0 saturated heterocycles. The molecule has 11 heteroatoms. The van der Waals surface area contributed by atoms with Gasteiger partial charge in [-0.3, -0.25) is 4.79 Å². The number of aliphatic hydroxyl groups excluding tert-OH is 1. The van der Waals surface area contributed by atoms with E-state index in [4.69, 9.17) is 16.7 Å². The van der Waals surface area contributed by atoms with Gasteiger partial charge >= 0.3 is 5.97 Å². The van der Waals surface area contributed by atoms with Gasteiger partial charge in [0, 0.05) is 22.9 Å². The second-order valence-corrected chi connectivity index (χ2v) is 10.0. The molecule has 0 bridgehead atoms. The first-order chi connectivity index (χ1) is 18.5. The van der Waals surface area contributed by atoms with Crippen LogP contribution in [0.2, 0.25) is 5.02 Å². The van der Waals surface area contributed by atoms with Crippen LogP contribution in [0.3, 0.4) is 0 Å². The van der Waals surface area contributed by atoms with Crippen molar-refractivity contribution in [2.45, 2.75) is 50.6 Å². The van der Waals surface area contributed by atoms with Crippen molar-refractivity contribution in [3.05, 3.63) is 87.6 Å². The molecular formula is C28H26ClF3N2O5. The summed E-state index contributed by atoms with van der Waals surface area (Å²) in [6, 6.07) is 10.2. The Balaban J connectivity index is 1.68. The lowest BCUT2D eigenvalue weighted by Gasteiger charge is -2.28. The van der Waals surface area contributed by atoms with Crippen LogP contribution in [-0.4, -0.2) is 28.2 Å². The van der Waals surface area contributed by atoms with Gasteiger partial charge in [-0.25, -0.2) is 18.0 Å². The summed E-state index contributed by atoms with van der Waals surface area (Å²) in [6.07, 6.45) is 0.235. The average molecular weight is 563 g/mol. The maximum atomic E-state index is 14.8. The number of anilines is 1. The van der Waals surface area contributed by atoms with Gasteiger partial charge in [0.05, 0.1) is 22.3 Å². The number of carboxylic acid groups (broad SMARTS) is 1. The van der Waals surface area contributed by atoms with Crippen molar-refractivity contribution in [2.24, 2.45) is 5.92 Å². The van der Waals surface area contributed by atoms with Crippen LogP contribution in [-0.2, 0) is 4.79 Å². The van der Waals surface area contributed by atoms with Gasteiger partial charge in [-0.2, -0.15) is 4.73 Å². The molecule has 0 aliphatic heterocycles. The second kappa shape index (κ2) is 12.0. The van der Waals surface area contributed by atoms with E-state index in [-0.39, 0.29) is 34.2 Å². The highest BCUT2D eigenvalue weighted by Crippen LogP contribution is 2.37. The van der Waals surface area contributed by atoms with Gasteiger partial charge in [0.25, 0.3) is 6.43 Å². The lowest BCUT2D eigenvalue weighted by Crippen LogP contribution is -2.38. The molecule has 1 heterocycles. The Bertz CT molecular complexity index is 1360. The lowest BCUT2D eigenvalue weighted by molar-refractivity contribution is -0.614. The fourth-order valence-electron chi connectivity index (χ4n) is 4.95. The molecule has 3 N–H and O–H groups in total. The first-order valence-corrected chi connectivity index (χ1v) is 12.7. The zero-order chi connectivity index (χ0) is 28.3. The van der Waals surface area contributed by atoms with E-state index in [0.717, 1.165) is 18.3 Å². The Morgan fingerprint density at radius 3 is 2.31 bits per heavy atom. The van der Waals surface area contributed by atoms with Crippen LogP contribution in [0.15, 0.2) is 54.7 Å². The van der Waals surface area contributed by atoms with Crippen molar-refractivity contribution in [3.8, 4) is 11.1 Å². The number of aromatic carboxylic acids is 1. The summed E-state index contributed by atoms with van der Waals surface area (Å²) in [5.41, 5.74) is -0.835. The Morgan fingerprint density at radius 2 is 1.72 bits per heavy atom. The summed E-state index contributed by atoms with van der Waals surface area (Å²) in [7, 11) is 0. The van der Waals surface area contributed by atoms with Crippen LogP contribution in [0.25, 0.3) is 11.1 Å². The molecule has 39 heavy (non-hydrogen) atoms. The number of pyridine rings is 1. The van der Waals surface area contributed by atoms with Gasteiger partial charge in [-0.1, -0.05) is 17.7 Å². The maximum absolute atomic E-state index is 14.8. The van der Waals surface area contributed by atoms with Crippen LogP contribution in [0, 0.1) is 16.9 Å². The number of carbonyl (C=O) groups excluding carboxylic acids is 1. The van der Waals surface area contributed by atoms with E-state index < -0.39 is 47.3 Å². The smallest absolute Gasteiger partial charge is 0.335 e. The number of nitrogens with one attached hydrogen (secondary N) is 1. The van der Waals surface area contributed by atoms with Crippen LogP contribution in [0.4, 0.5) is 18.9 Å². The molecule has 2 aromatic carbocycles. The number of hydrogen-bond acceptors (Lipinski definition) is 4. The van der Waals surface area contributed by atoms with E-state index in [0.29, 0.717) is 36.1 Å². The van der Waals surface area contributed by atoms with E-state index in [1.807, 2.05) is 0 Å². The van der Waals surface area contributed by atoms with Crippen LogP contribution in [0.5, 0.6) is 0 Å². The van der Waals surface area contributed by atoms with Crippen LogP contribution in [0.1, 0.15) is 66.1 Å². The molecule has 1 aliphatic carbocycles. The molecule has 0 spiro atoms. The summed E-state index contributed by atoms with van der Waals surface area (Å²) in [6.45, 7) is 0. The number of amides is 1. The van der Waals surface area contributed by atoms with Crippen molar-refractivity contribution in [1.82, 2.24) is 0 Å². The Kier molecular flexibility index (Phi) is 8.76. The molecule has 206 valence electrons. The topological polar surface area (TPSA) is 114 Å². The molecule has 3 aromatic rings. The van der Waals surface area contributed by atoms with Gasteiger partial charge in [-0.15, -0.1) is 0 Å². The van der Waals surface area contributed by atoms with Gasteiger partial charge in [-0.05, 0) is 74.4 Å². The Hall–Kier alpha value is -3.63. The summed E-state index contributed by atoms with van der Waals surface area (Å²) >= 11 is 5.82. The normalized spacial score (nSPS) is 18.1. The summed E-state index contributed by atoms with van der Waals surface area (Å²) in [5.74, 6) is -3.65. The number of rotatable bonds is 8. The highest BCUT2D eigenvalue weighted by molar-refractivity contribution is 6.31. The molecule has 4 rings (SSSR count). The molecule has 1 aromatic heterocycles. The molecule has 0 radical (unpaired) electrons. The third-order valence-corrected chi connectivity index (χ3v) is 7.35. The second-order valence-electron chi connectivity index (χ2n) is 9.63. The number of carboxylic acids is 1. The van der Waals surface area contributed by atoms with Gasteiger partial charge in [0.1, 0.15) is 11.7 Å². The van der Waals surface area contributed by atoms with Crippen molar-refractivity contribution in [2.75, 3.05) is 5.32 Å². The number of hydrogen-bond donors (Lipinski definition) is 3. The zero-order valence-electron chi connectivity index (χ0n) is 20.6. The number of benzene rings is 2. The third kappa shape index (κ3) is 6.51. The minimum atomic E-state index is -3.01. The number of halogens is 4. The lowest BCUT2D eigenvalue weighted by atomic mass is 9.80. The van der Waals surface area contributed by atoms with Gasteiger partial charge in [0.15, 0.2) is 6.20 Å². The molecule has 1 atom stereocenters. The molecule has 1 fully saturated rings. The fourth-order valence-corrected chi connectivity index (χ4v) is 5.11. The largest absolute Gasteiger partial charge is 0.618 e. The Morgan fingerprint density at radius 1 is 1.05 bits per heavy atom. The zero-order valence-corrected chi connectivity index (χ0v) is 21.4. The molecule has 0 unspecified atom stereocenters. The number of carbonyl (C=O) groups is 2. The third-order valence-electron chi connectivity index (χ3n) is 7.05. The van der Waals surface area contributed by atoms with E-state index in [1.165, 1.54) is 36.4 Å². The summed E-state index contributed by atoms with van der Waals surface area (Å²) in [4.78, 5) is 24.5. The molecule has 1 amide bonds. The fraction of sp³-hybridized carbons (Fsp3) is 0.321. The summed E-state index contributed by atoms with van der Waals surface area (Å²) in [5, 5.41) is 34.5. The van der Waals surface area contributed by atoms with Crippen molar-refractivity contribution >= 4 is 29.2 Å². The van der Waals surface area contributed by atoms with Gasteiger partial charge in [0.2, 0.25) is 11.6 Å². The quantitative estimate of drug-likeness (QED) is 0.227.